The molecule has 0 radical (unpaired) electrons. The number of halogens is 6. The van der Waals surface area contributed by atoms with Crippen LogP contribution in [0.4, 0.5) is 4.39 Å². The Hall–Kier alpha value is -2.06. The van der Waals surface area contributed by atoms with Gasteiger partial charge in [-0.25, -0.2) is 9.87 Å². The Morgan fingerprint density at radius 1 is 1.11 bits per heavy atom. The molecular weight excluding hydrogens is 573 g/mol. The third-order valence-electron chi connectivity index (χ3n) is 5.31. The minimum absolute atomic E-state index is 0.0434. The molecule has 11 heteroatoms. The van der Waals surface area contributed by atoms with E-state index < -0.39 is 28.0 Å². The average molecular weight is 593 g/mol. The Morgan fingerprint density at radius 2 is 1.72 bits per heavy atom. The molecule has 1 saturated carbocycles. The standard InChI is InChI=1S/C25H20Cl5FN2O3/c1-13(32-24(35)22-21(25(22,29)30)16-9-17(26)11-18(27)10-16)3-8-20(28)14(2)23(34)33-36-12-15-4-6-19(31)7-5-15/h3-11,21-22H,1,12H2,2H3,(H,32,35)(H,33,34)/b8-3-,20-14-. The van der Waals surface area contributed by atoms with Crippen molar-refractivity contribution in [3.8, 4) is 0 Å². The molecule has 2 unspecified atom stereocenters. The number of benzene rings is 2. The highest BCUT2D eigenvalue weighted by Crippen LogP contribution is 2.65. The third-order valence-corrected chi connectivity index (χ3v) is 7.10. The van der Waals surface area contributed by atoms with Crippen LogP contribution in [-0.4, -0.2) is 16.1 Å². The van der Waals surface area contributed by atoms with Gasteiger partial charge in [0.05, 0.1) is 12.5 Å². The Kier molecular flexibility index (Phi) is 9.50. The first-order chi connectivity index (χ1) is 16.9. The molecule has 2 atom stereocenters. The van der Waals surface area contributed by atoms with E-state index in [0.717, 1.165) is 0 Å². The highest BCUT2D eigenvalue weighted by molar-refractivity contribution is 6.53. The van der Waals surface area contributed by atoms with E-state index in [4.69, 9.17) is 62.8 Å². The molecule has 3 rings (SSSR count). The Labute approximate surface area is 232 Å². The quantitative estimate of drug-likeness (QED) is 0.143. The van der Waals surface area contributed by atoms with Gasteiger partial charge in [-0.05, 0) is 60.5 Å². The Bertz CT molecular complexity index is 1220. The zero-order valence-corrected chi connectivity index (χ0v) is 22.5. The second-order valence-electron chi connectivity index (χ2n) is 8.00. The number of rotatable bonds is 9. The summed E-state index contributed by atoms with van der Waals surface area (Å²) < 4.78 is 11.6. The lowest BCUT2D eigenvalue weighted by Crippen LogP contribution is -2.25. The maximum absolute atomic E-state index is 12.9. The van der Waals surface area contributed by atoms with E-state index in [9.17, 15) is 14.0 Å². The number of carbonyl (C=O) groups excluding carboxylic acids is 2. The number of carbonyl (C=O) groups is 2. The fraction of sp³-hybridized carbons (Fsp3) is 0.200. The van der Waals surface area contributed by atoms with Crippen molar-refractivity contribution in [3.63, 3.8) is 0 Å². The van der Waals surface area contributed by atoms with E-state index in [0.29, 0.717) is 21.2 Å². The van der Waals surface area contributed by atoms with E-state index in [1.54, 1.807) is 18.2 Å². The van der Waals surface area contributed by atoms with Crippen LogP contribution in [0.2, 0.25) is 10.0 Å². The summed E-state index contributed by atoms with van der Waals surface area (Å²) in [5.74, 6) is -2.64. The van der Waals surface area contributed by atoms with Gasteiger partial charge in [0.15, 0.2) is 0 Å². The van der Waals surface area contributed by atoms with Gasteiger partial charge in [-0.2, -0.15) is 0 Å². The molecule has 0 aliphatic heterocycles. The van der Waals surface area contributed by atoms with Gasteiger partial charge in [0.2, 0.25) is 5.91 Å². The zero-order chi connectivity index (χ0) is 26.6. The SMILES string of the molecule is C=C(/C=C\C(Cl)=C(/C)C(=O)NOCc1ccc(F)cc1)NC(=O)C1C(c2cc(Cl)cc(Cl)c2)C1(Cl)Cl. The minimum atomic E-state index is -1.33. The maximum atomic E-state index is 12.9. The normalized spacial score (nSPS) is 19.0. The van der Waals surface area contributed by atoms with E-state index in [2.05, 4.69) is 17.4 Å². The monoisotopic (exact) mass is 590 g/mol. The molecule has 36 heavy (non-hydrogen) atoms. The summed E-state index contributed by atoms with van der Waals surface area (Å²) in [5, 5.41) is 3.52. The molecule has 2 aromatic carbocycles. The van der Waals surface area contributed by atoms with Crippen molar-refractivity contribution >= 4 is 69.8 Å². The molecule has 0 heterocycles. The molecule has 1 fully saturated rings. The van der Waals surface area contributed by atoms with Gasteiger partial charge in [-0.15, -0.1) is 23.2 Å². The van der Waals surface area contributed by atoms with Crippen molar-refractivity contribution in [2.24, 2.45) is 5.92 Å². The fourth-order valence-corrected chi connectivity index (χ4v) is 4.87. The van der Waals surface area contributed by atoms with Crippen molar-refractivity contribution in [2.45, 2.75) is 23.8 Å². The largest absolute Gasteiger partial charge is 0.326 e. The van der Waals surface area contributed by atoms with Gasteiger partial charge < -0.3 is 5.32 Å². The Morgan fingerprint density at radius 3 is 2.33 bits per heavy atom. The molecule has 2 aromatic rings. The molecule has 0 aromatic heterocycles. The van der Waals surface area contributed by atoms with Crippen LogP contribution in [0.25, 0.3) is 0 Å². The van der Waals surface area contributed by atoms with Crippen LogP contribution < -0.4 is 10.8 Å². The van der Waals surface area contributed by atoms with Crippen LogP contribution in [0.3, 0.4) is 0 Å². The van der Waals surface area contributed by atoms with E-state index >= 15 is 0 Å². The molecule has 0 spiro atoms. The first-order valence-electron chi connectivity index (χ1n) is 10.4. The topological polar surface area (TPSA) is 67.4 Å². The predicted molar refractivity (Wildman–Crippen MR) is 141 cm³/mol. The van der Waals surface area contributed by atoms with Crippen LogP contribution in [-0.2, 0) is 21.0 Å². The number of amides is 2. The van der Waals surface area contributed by atoms with E-state index in [-0.39, 0.29) is 28.7 Å². The van der Waals surface area contributed by atoms with Crippen LogP contribution in [0.15, 0.2) is 77.5 Å². The number of hydrogen-bond acceptors (Lipinski definition) is 3. The number of nitrogens with one attached hydrogen (secondary N) is 2. The van der Waals surface area contributed by atoms with Crippen LogP contribution >= 0.6 is 58.0 Å². The summed E-state index contributed by atoms with van der Waals surface area (Å²) in [6.45, 7) is 5.30. The van der Waals surface area contributed by atoms with E-state index in [1.807, 2.05) is 0 Å². The van der Waals surface area contributed by atoms with Crippen LogP contribution in [0.5, 0.6) is 0 Å². The lowest BCUT2D eigenvalue weighted by Gasteiger charge is -2.07. The smallest absolute Gasteiger partial charge is 0.271 e. The summed E-state index contributed by atoms with van der Waals surface area (Å²) in [5.41, 5.74) is 3.94. The second-order valence-corrected chi connectivity index (χ2v) is 10.7. The molecule has 190 valence electrons. The summed E-state index contributed by atoms with van der Waals surface area (Å²) >= 11 is 31.0. The minimum Gasteiger partial charge on any atom is -0.326 e. The molecule has 0 bridgehead atoms. The summed E-state index contributed by atoms with van der Waals surface area (Å²) in [6.07, 6.45) is 2.82. The summed E-state index contributed by atoms with van der Waals surface area (Å²) in [6, 6.07) is 10.5. The van der Waals surface area contributed by atoms with Gasteiger partial charge in [-0.3, -0.25) is 14.4 Å². The van der Waals surface area contributed by atoms with Crippen molar-refractivity contribution in [2.75, 3.05) is 0 Å². The summed E-state index contributed by atoms with van der Waals surface area (Å²) in [4.78, 5) is 30.1. The average Bonchev–Trinajstić information content (AvgIpc) is 3.39. The van der Waals surface area contributed by atoms with Gasteiger partial charge in [0.25, 0.3) is 5.91 Å². The molecule has 2 N–H and O–H groups in total. The fourth-order valence-electron chi connectivity index (χ4n) is 3.35. The van der Waals surface area contributed by atoms with Crippen molar-refractivity contribution in [1.82, 2.24) is 10.8 Å². The van der Waals surface area contributed by atoms with Gasteiger partial charge >= 0.3 is 0 Å². The molecule has 2 amide bonds. The molecular formula is C25H20Cl5FN2O3. The predicted octanol–water partition coefficient (Wildman–Crippen LogP) is 6.97. The summed E-state index contributed by atoms with van der Waals surface area (Å²) in [7, 11) is 0. The number of allylic oxidation sites excluding steroid dienone is 3. The third kappa shape index (κ3) is 7.25. The van der Waals surface area contributed by atoms with Gasteiger partial charge in [0, 0.05) is 32.3 Å². The van der Waals surface area contributed by atoms with Crippen LogP contribution in [0, 0.1) is 11.7 Å². The first kappa shape index (κ1) is 28.5. The van der Waals surface area contributed by atoms with E-state index in [1.165, 1.54) is 43.3 Å². The first-order valence-corrected chi connectivity index (χ1v) is 12.3. The molecule has 0 saturated heterocycles. The maximum Gasteiger partial charge on any atom is 0.271 e. The second kappa shape index (κ2) is 12.0. The highest BCUT2D eigenvalue weighted by atomic mass is 35.5. The zero-order valence-electron chi connectivity index (χ0n) is 18.8. The van der Waals surface area contributed by atoms with Crippen molar-refractivity contribution in [1.29, 1.82) is 0 Å². The highest BCUT2D eigenvalue weighted by Gasteiger charge is 2.67. The Balaban J connectivity index is 1.53. The molecule has 1 aliphatic rings. The number of hydrogen-bond donors (Lipinski definition) is 2. The lowest BCUT2D eigenvalue weighted by atomic mass is 10.1. The van der Waals surface area contributed by atoms with Crippen molar-refractivity contribution in [3.05, 3.63) is 104 Å². The van der Waals surface area contributed by atoms with Gasteiger partial charge in [0.1, 0.15) is 10.2 Å². The number of hydroxylamine groups is 1. The molecule has 5 nitrogen and oxygen atoms in total. The number of alkyl halides is 2. The van der Waals surface area contributed by atoms with Gasteiger partial charge in [-0.1, -0.05) is 53.5 Å². The van der Waals surface area contributed by atoms with Crippen molar-refractivity contribution < 1.29 is 18.8 Å². The van der Waals surface area contributed by atoms with Crippen LogP contribution in [0.1, 0.15) is 24.0 Å². The molecule has 1 aliphatic carbocycles. The lowest BCUT2D eigenvalue weighted by molar-refractivity contribution is -0.130.